The fraction of sp³-hybridized carbons (Fsp3) is 0.571. The van der Waals surface area contributed by atoms with E-state index in [9.17, 15) is 0 Å². The van der Waals surface area contributed by atoms with Crippen LogP contribution in [0, 0.1) is 5.41 Å². The minimum atomic E-state index is 0.129. The standard InChI is InChI=1S/C14H22N2O/c1-14(2,3)13(16-15)11-8-9-17-12-7-5-4-6-10(11)12/h4-7,11,13,16H,8-9,15H2,1-3H3. The molecule has 3 nitrogen and oxygen atoms in total. The van der Waals surface area contributed by atoms with E-state index in [1.165, 1.54) is 5.56 Å². The van der Waals surface area contributed by atoms with Gasteiger partial charge >= 0.3 is 0 Å². The topological polar surface area (TPSA) is 47.3 Å². The van der Waals surface area contributed by atoms with E-state index in [0.717, 1.165) is 18.8 Å². The van der Waals surface area contributed by atoms with Crippen molar-refractivity contribution in [3.05, 3.63) is 29.8 Å². The highest BCUT2D eigenvalue weighted by Gasteiger charge is 2.35. The fourth-order valence-electron chi connectivity index (χ4n) is 2.69. The number of ether oxygens (including phenoxy) is 1. The van der Waals surface area contributed by atoms with Crippen LogP contribution in [0.1, 0.15) is 38.7 Å². The van der Waals surface area contributed by atoms with Gasteiger partial charge in [0.15, 0.2) is 0 Å². The Hall–Kier alpha value is -1.06. The van der Waals surface area contributed by atoms with Gasteiger partial charge in [0.2, 0.25) is 0 Å². The first kappa shape index (κ1) is 12.4. The molecular weight excluding hydrogens is 212 g/mol. The molecule has 0 aromatic heterocycles. The lowest BCUT2D eigenvalue weighted by atomic mass is 9.74. The molecule has 94 valence electrons. The number of fused-ring (bicyclic) bond motifs is 1. The van der Waals surface area contributed by atoms with E-state index >= 15 is 0 Å². The minimum absolute atomic E-state index is 0.129. The first-order valence-electron chi connectivity index (χ1n) is 6.22. The Labute approximate surface area is 103 Å². The molecule has 1 aromatic rings. The quantitative estimate of drug-likeness (QED) is 0.610. The first-order valence-corrected chi connectivity index (χ1v) is 6.22. The zero-order chi connectivity index (χ0) is 12.5. The van der Waals surface area contributed by atoms with Gasteiger partial charge in [0, 0.05) is 12.0 Å². The average molecular weight is 234 g/mol. The van der Waals surface area contributed by atoms with Gasteiger partial charge in [-0.2, -0.15) is 0 Å². The average Bonchev–Trinajstić information content (AvgIpc) is 2.28. The molecule has 0 bridgehead atoms. The third-order valence-electron chi connectivity index (χ3n) is 3.52. The summed E-state index contributed by atoms with van der Waals surface area (Å²) >= 11 is 0. The maximum atomic E-state index is 5.76. The molecule has 0 fully saturated rings. The van der Waals surface area contributed by atoms with Gasteiger partial charge in [-0.05, 0) is 23.5 Å². The smallest absolute Gasteiger partial charge is 0.122 e. The Morgan fingerprint density at radius 1 is 1.35 bits per heavy atom. The summed E-state index contributed by atoms with van der Waals surface area (Å²) in [5.41, 5.74) is 4.40. The Morgan fingerprint density at radius 3 is 2.71 bits per heavy atom. The van der Waals surface area contributed by atoms with Crippen LogP contribution in [0.15, 0.2) is 24.3 Å². The molecule has 0 amide bonds. The number of rotatable bonds is 2. The summed E-state index contributed by atoms with van der Waals surface area (Å²) in [6.45, 7) is 7.43. The highest BCUT2D eigenvalue weighted by atomic mass is 16.5. The second kappa shape index (κ2) is 4.67. The van der Waals surface area contributed by atoms with Gasteiger partial charge < -0.3 is 4.74 Å². The number of hydrogen-bond acceptors (Lipinski definition) is 3. The molecule has 1 aliphatic rings. The van der Waals surface area contributed by atoms with E-state index in [4.69, 9.17) is 10.6 Å². The lowest BCUT2D eigenvalue weighted by Crippen LogP contribution is -2.49. The van der Waals surface area contributed by atoms with Gasteiger partial charge in [0.05, 0.1) is 6.61 Å². The summed E-state index contributed by atoms with van der Waals surface area (Å²) in [6, 6.07) is 8.53. The van der Waals surface area contributed by atoms with E-state index in [1.807, 2.05) is 12.1 Å². The van der Waals surface area contributed by atoms with Crippen LogP contribution in [0.25, 0.3) is 0 Å². The molecular formula is C14H22N2O. The van der Waals surface area contributed by atoms with Crippen molar-refractivity contribution < 1.29 is 4.74 Å². The van der Waals surface area contributed by atoms with E-state index in [-0.39, 0.29) is 11.5 Å². The Balaban J connectivity index is 2.34. The third-order valence-corrected chi connectivity index (χ3v) is 3.52. The molecule has 3 N–H and O–H groups in total. The largest absolute Gasteiger partial charge is 0.493 e. The second-order valence-corrected chi connectivity index (χ2v) is 5.79. The van der Waals surface area contributed by atoms with Crippen molar-refractivity contribution in [1.29, 1.82) is 0 Å². The zero-order valence-electron chi connectivity index (χ0n) is 10.9. The zero-order valence-corrected chi connectivity index (χ0v) is 10.9. The molecule has 1 aromatic carbocycles. The highest BCUT2D eigenvalue weighted by molar-refractivity contribution is 5.39. The van der Waals surface area contributed by atoms with Crippen LogP contribution in [0.2, 0.25) is 0 Å². The van der Waals surface area contributed by atoms with Crippen LogP contribution in [0.4, 0.5) is 0 Å². The SMILES string of the molecule is CC(C)(C)C(NN)C1CCOc2ccccc21. The van der Waals surface area contributed by atoms with Crippen LogP contribution in [0.5, 0.6) is 5.75 Å². The summed E-state index contributed by atoms with van der Waals surface area (Å²) in [6.07, 6.45) is 1.02. The van der Waals surface area contributed by atoms with Crippen LogP contribution in [-0.2, 0) is 0 Å². The lowest BCUT2D eigenvalue weighted by Gasteiger charge is -2.39. The van der Waals surface area contributed by atoms with Gasteiger partial charge in [-0.1, -0.05) is 39.0 Å². The maximum Gasteiger partial charge on any atom is 0.122 e. The summed E-state index contributed by atoms with van der Waals surface area (Å²) < 4.78 is 5.69. The molecule has 0 aliphatic carbocycles. The molecule has 2 unspecified atom stereocenters. The van der Waals surface area contributed by atoms with E-state index in [0.29, 0.717) is 5.92 Å². The van der Waals surface area contributed by atoms with Gasteiger partial charge in [0.25, 0.3) is 0 Å². The van der Waals surface area contributed by atoms with Gasteiger partial charge in [-0.3, -0.25) is 11.3 Å². The molecule has 17 heavy (non-hydrogen) atoms. The monoisotopic (exact) mass is 234 g/mol. The van der Waals surface area contributed by atoms with Crippen molar-refractivity contribution in [2.75, 3.05) is 6.61 Å². The van der Waals surface area contributed by atoms with Gasteiger partial charge in [-0.25, -0.2) is 0 Å². The van der Waals surface area contributed by atoms with E-state index in [1.54, 1.807) is 0 Å². The van der Waals surface area contributed by atoms with Crippen molar-refractivity contribution in [2.24, 2.45) is 11.3 Å². The summed E-state index contributed by atoms with van der Waals surface area (Å²) in [5.74, 6) is 7.18. The highest BCUT2D eigenvalue weighted by Crippen LogP contribution is 2.40. The number of hydrogen-bond donors (Lipinski definition) is 2. The summed E-state index contributed by atoms with van der Waals surface area (Å²) in [5, 5.41) is 0. The van der Waals surface area contributed by atoms with E-state index in [2.05, 4.69) is 38.3 Å². The molecule has 2 rings (SSSR count). The van der Waals surface area contributed by atoms with E-state index < -0.39 is 0 Å². The number of para-hydroxylation sites is 1. The third kappa shape index (κ3) is 2.45. The molecule has 1 heterocycles. The number of nitrogens with one attached hydrogen (secondary N) is 1. The number of nitrogens with two attached hydrogens (primary N) is 1. The Kier molecular flexibility index (Phi) is 3.40. The fourth-order valence-corrected chi connectivity index (χ4v) is 2.69. The predicted molar refractivity (Wildman–Crippen MR) is 69.9 cm³/mol. The molecule has 0 saturated heterocycles. The van der Waals surface area contributed by atoms with Crippen molar-refractivity contribution >= 4 is 0 Å². The summed E-state index contributed by atoms with van der Waals surface area (Å²) in [4.78, 5) is 0. The van der Waals surface area contributed by atoms with Crippen LogP contribution in [0.3, 0.4) is 0 Å². The summed E-state index contributed by atoms with van der Waals surface area (Å²) in [7, 11) is 0. The van der Waals surface area contributed by atoms with Crippen molar-refractivity contribution in [2.45, 2.75) is 39.2 Å². The normalized spacial score (nSPS) is 21.5. The van der Waals surface area contributed by atoms with Crippen LogP contribution < -0.4 is 16.0 Å². The van der Waals surface area contributed by atoms with Crippen molar-refractivity contribution in [1.82, 2.24) is 5.43 Å². The van der Waals surface area contributed by atoms with Crippen molar-refractivity contribution in [3.63, 3.8) is 0 Å². The van der Waals surface area contributed by atoms with Gasteiger partial charge in [0.1, 0.15) is 5.75 Å². The Morgan fingerprint density at radius 2 is 2.06 bits per heavy atom. The minimum Gasteiger partial charge on any atom is -0.493 e. The Bertz CT molecular complexity index is 384. The molecule has 3 heteroatoms. The van der Waals surface area contributed by atoms with Crippen LogP contribution >= 0.6 is 0 Å². The molecule has 0 radical (unpaired) electrons. The number of benzene rings is 1. The molecule has 2 atom stereocenters. The number of hydrazine groups is 1. The van der Waals surface area contributed by atoms with Crippen molar-refractivity contribution in [3.8, 4) is 5.75 Å². The lowest BCUT2D eigenvalue weighted by molar-refractivity contribution is 0.183. The molecule has 0 spiro atoms. The molecule has 1 aliphatic heterocycles. The molecule has 0 saturated carbocycles. The first-order chi connectivity index (χ1) is 8.04. The predicted octanol–water partition coefficient (Wildman–Crippen LogP) is 2.43. The van der Waals surface area contributed by atoms with Gasteiger partial charge in [-0.15, -0.1) is 0 Å². The van der Waals surface area contributed by atoms with Crippen LogP contribution in [-0.4, -0.2) is 12.6 Å². The maximum absolute atomic E-state index is 5.76. The second-order valence-electron chi connectivity index (χ2n) is 5.79.